The lowest BCUT2D eigenvalue weighted by Gasteiger charge is -2.26. The fourth-order valence-corrected chi connectivity index (χ4v) is 1.41. The minimum absolute atomic E-state index is 0.359. The number of alkyl carbamates (subject to hydrolysis) is 1. The van der Waals surface area contributed by atoms with E-state index in [0.29, 0.717) is 12.3 Å². The van der Waals surface area contributed by atoms with E-state index in [0.717, 1.165) is 0 Å². The zero-order valence-electron chi connectivity index (χ0n) is 11.5. The molecule has 2 N–H and O–H groups in total. The third-order valence-electron chi connectivity index (χ3n) is 2.08. The Bertz CT molecular complexity index is 256. The largest absolute Gasteiger partial charge is 0.444 e. The number of nitrogens with one attached hydrogen (secondary N) is 1. The highest BCUT2D eigenvalue weighted by Crippen LogP contribution is 2.11. The van der Waals surface area contributed by atoms with Crippen LogP contribution in [0.3, 0.4) is 0 Å². The van der Waals surface area contributed by atoms with E-state index >= 15 is 0 Å². The Hall–Kier alpha value is -1.03. The summed E-state index contributed by atoms with van der Waals surface area (Å²) in [5, 5.41) is 12.4. The number of ether oxygens (including phenoxy) is 1. The van der Waals surface area contributed by atoms with Crippen molar-refractivity contribution in [1.29, 1.82) is 0 Å². The van der Waals surface area contributed by atoms with Gasteiger partial charge in [0, 0.05) is 0 Å². The molecule has 0 saturated carbocycles. The topological polar surface area (TPSA) is 58.6 Å². The second-order valence-corrected chi connectivity index (χ2v) is 5.61. The van der Waals surface area contributed by atoms with Gasteiger partial charge in [-0.1, -0.05) is 19.9 Å². The van der Waals surface area contributed by atoms with Crippen molar-refractivity contribution >= 4 is 6.09 Å². The number of amides is 1. The molecule has 0 rings (SSSR count). The van der Waals surface area contributed by atoms with Gasteiger partial charge in [-0.25, -0.2) is 4.79 Å². The highest BCUT2D eigenvalue weighted by Gasteiger charge is 2.23. The van der Waals surface area contributed by atoms with Crippen LogP contribution < -0.4 is 5.32 Å². The van der Waals surface area contributed by atoms with Gasteiger partial charge in [0.2, 0.25) is 0 Å². The monoisotopic (exact) mass is 243 g/mol. The molecule has 2 atom stereocenters. The normalized spacial score (nSPS) is 15.2. The first-order valence-corrected chi connectivity index (χ1v) is 5.96. The predicted molar refractivity (Wildman–Crippen MR) is 68.8 cm³/mol. The number of aliphatic hydroxyl groups excluding tert-OH is 1. The van der Waals surface area contributed by atoms with E-state index in [1.807, 2.05) is 13.8 Å². The van der Waals surface area contributed by atoms with E-state index in [1.165, 1.54) is 6.08 Å². The Morgan fingerprint density at radius 2 is 2.00 bits per heavy atom. The van der Waals surface area contributed by atoms with Gasteiger partial charge in [-0.15, -0.1) is 6.58 Å². The average molecular weight is 243 g/mol. The predicted octanol–water partition coefficient (Wildman–Crippen LogP) is 2.47. The molecule has 0 bridgehead atoms. The molecule has 0 spiro atoms. The van der Waals surface area contributed by atoms with Crippen LogP contribution in [0.25, 0.3) is 0 Å². The van der Waals surface area contributed by atoms with Gasteiger partial charge in [0.15, 0.2) is 0 Å². The molecule has 4 nitrogen and oxygen atoms in total. The maximum absolute atomic E-state index is 11.6. The first kappa shape index (κ1) is 16.0. The molecule has 0 aliphatic heterocycles. The van der Waals surface area contributed by atoms with Crippen molar-refractivity contribution in [3.8, 4) is 0 Å². The molecule has 100 valence electrons. The van der Waals surface area contributed by atoms with E-state index in [1.54, 1.807) is 20.8 Å². The number of aliphatic hydroxyl groups is 1. The van der Waals surface area contributed by atoms with Crippen LogP contribution in [0, 0.1) is 5.92 Å². The number of hydrogen-bond acceptors (Lipinski definition) is 3. The van der Waals surface area contributed by atoms with Crippen LogP contribution in [-0.4, -0.2) is 28.9 Å². The SMILES string of the molecule is C=CC(O)[C@H](CC(C)C)NC(=O)OC(C)(C)C. The van der Waals surface area contributed by atoms with Crippen LogP contribution in [0.4, 0.5) is 4.79 Å². The second kappa shape index (κ2) is 6.64. The zero-order valence-corrected chi connectivity index (χ0v) is 11.5. The molecule has 0 radical (unpaired) electrons. The molecule has 0 aromatic carbocycles. The summed E-state index contributed by atoms with van der Waals surface area (Å²) in [5.74, 6) is 0.365. The van der Waals surface area contributed by atoms with Crippen molar-refractivity contribution in [3.05, 3.63) is 12.7 Å². The average Bonchev–Trinajstić information content (AvgIpc) is 2.11. The third-order valence-corrected chi connectivity index (χ3v) is 2.08. The molecular weight excluding hydrogens is 218 g/mol. The minimum atomic E-state index is -0.759. The van der Waals surface area contributed by atoms with E-state index in [2.05, 4.69) is 11.9 Å². The van der Waals surface area contributed by atoms with Gasteiger partial charge >= 0.3 is 6.09 Å². The van der Waals surface area contributed by atoms with Crippen LogP contribution in [0.1, 0.15) is 41.0 Å². The highest BCUT2D eigenvalue weighted by atomic mass is 16.6. The Morgan fingerprint density at radius 1 is 1.47 bits per heavy atom. The molecule has 4 heteroatoms. The summed E-state index contributed by atoms with van der Waals surface area (Å²) in [6.07, 6.45) is 0.825. The van der Waals surface area contributed by atoms with Gasteiger partial charge in [0.1, 0.15) is 5.60 Å². The summed E-state index contributed by atoms with van der Waals surface area (Å²) in [5.41, 5.74) is -0.536. The Kier molecular flexibility index (Phi) is 6.24. The first-order chi connectivity index (χ1) is 7.65. The molecule has 17 heavy (non-hydrogen) atoms. The van der Waals surface area contributed by atoms with Gasteiger partial charge < -0.3 is 15.2 Å². The number of hydrogen-bond donors (Lipinski definition) is 2. The Labute approximate surface area is 104 Å². The summed E-state index contributed by atoms with van der Waals surface area (Å²) in [4.78, 5) is 11.6. The molecule has 1 unspecified atom stereocenters. The Morgan fingerprint density at radius 3 is 2.35 bits per heavy atom. The fourth-order valence-electron chi connectivity index (χ4n) is 1.41. The minimum Gasteiger partial charge on any atom is -0.444 e. The Balaban J connectivity index is 4.42. The smallest absolute Gasteiger partial charge is 0.407 e. The second-order valence-electron chi connectivity index (χ2n) is 5.61. The fraction of sp³-hybridized carbons (Fsp3) is 0.769. The number of carbonyl (C=O) groups is 1. The number of rotatable bonds is 5. The summed E-state index contributed by atoms with van der Waals surface area (Å²) in [6, 6.07) is -0.359. The van der Waals surface area contributed by atoms with Crippen molar-refractivity contribution < 1.29 is 14.6 Å². The quantitative estimate of drug-likeness (QED) is 0.729. The highest BCUT2D eigenvalue weighted by molar-refractivity contribution is 5.68. The van der Waals surface area contributed by atoms with E-state index < -0.39 is 17.8 Å². The van der Waals surface area contributed by atoms with Crippen LogP contribution in [0.2, 0.25) is 0 Å². The summed E-state index contributed by atoms with van der Waals surface area (Å²) >= 11 is 0. The molecule has 0 aliphatic carbocycles. The van der Waals surface area contributed by atoms with Crippen LogP contribution in [-0.2, 0) is 4.74 Å². The summed E-state index contributed by atoms with van der Waals surface area (Å²) < 4.78 is 5.15. The van der Waals surface area contributed by atoms with Crippen molar-refractivity contribution in [1.82, 2.24) is 5.32 Å². The lowest BCUT2D eigenvalue weighted by Crippen LogP contribution is -2.45. The van der Waals surface area contributed by atoms with Crippen molar-refractivity contribution in [2.24, 2.45) is 5.92 Å². The van der Waals surface area contributed by atoms with Crippen molar-refractivity contribution in [3.63, 3.8) is 0 Å². The molecular formula is C13H25NO3. The lowest BCUT2D eigenvalue weighted by atomic mass is 9.99. The van der Waals surface area contributed by atoms with Crippen molar-refractivity contribution in [2.45, 2.75) is 58.8 Å². The van der Waals surface area contributed by atoms with E-state index in [4.69, 9.17) is 4.74 Å². The third kappa shape index (κ3) is 7.80. The van der Waals surface area contributed by atoms with E-state index in [9.17, 15) is 9.90 Å². The summed E-state index contributed by atoms with van der Waals surface area (Å²) in [6.45, 7) is 13.0. The molecule has 0 aromatic heterocycles. The lowest BCUT2D eigenvalue weighted by molar-refractivity contribution is 0.0442. The summed E-state index contributed by atoms with van der Waals surface area (Å²) in [7, 11) is 0. The molecule has 0 saturated heterocycles. The molecule has 1 amide bonds. The number of carbonyl (C=O) groups excluding carboxylic acids is 1. The molecule has 0 aromatic rings. The van der Waals surface area contributed by atoms with Gasteiger partial charge in [-0.05, 0) is 33.1 Å². The van der Waals surface area contributed by atoms with E-state index in [-0.39, 0.29) is 6.04 Å². The van der Waals surface area contributed by atoms with Gasteiger partial charge in [0.05, 0.1) is 12.1 Å². The van der Waals surface area contributed by atoms with Crippen LogP contribution in [0.15, 0.2) is 12.7 Å². The van der Waals surface area contributed by atoms with Gasteiger partial charge in [-0.2, -0.15) is 0 Å². The van der Waals surface area contributed by atoms with Gasteiger partial charge in [0.25, 0.3) is 0 Å². The van der Waals surface area contributed by atoms with Crippen LogP contribution in [0.5, 0.6) is 0 Å². The maximum Gasteiger partial charge on any atom is 0.407 e. The zero-order chi connectivity index (χ0) is 13.6. The molecule has 0 heterocycles. The first-order valence-electron chi connectivity index (χ1n) is 5.96. The molecule has 0 aliphatic rings. The van der Waals surface area contributed by atoms with Crippen molar-refractivity contribution in [2.75, 3.05) is 0 Å². The standard InChI is InChI=1S/C13H25NO3/c1-7-11(15)10(8-9(2)3)14-12(16)17-13(4,5)6/h7,9-11,15H,1,8H2,2-6H3,(H,14,16)/t10-,11?/m0/s1. The van der Waals surface area contributed by atoms with Gasteiger partial charge in [-0.3, -0.25) is 0 Å². The molecule has 0 fully saturated rings. The maximum atomic E-state index is 11.6. The van der Waals surface area contributed by atoms with Crippen LogP contribution >= 0.6 is 0 Å².